The molecule has 0 heterocycles. The van der Waals surface area contributed by atoms with Crippen molar-refractivity contribution < 1.29 is 47.1 Å². The van der Waals surface area contributed by atoms with Crippen LogP contribution in [0.1, 0.15) is 168 Å². The molecule has 0 aliphatic heterocycles. The van der Waals surface area contributed by atoms with E-state index in [4.69, 9.17) is 10.2 Å². The molecule has 4 nitrogen and oxygen atoms in total. The van der Waals surface area contributed by atoms with Gasteiger partial charge in [0.2, 0.25) is 0 Å². The molecular formula is C36H64CdO4. The van der Waals surface area contributed by atoms with Crippen LogP contribution in [0.3, 0.4) is 0 Å². The molecule has 0 unspecified atom stereocenters. The van der Waals surface area contributed by atoms with Crippen LogP contribution in [0.25, 0.3) is 0 Å². The van der Waals surface area contributed by atoms with Crippen LogP contribution < -0.4 is 0 Å². The molecule has 0 fully saturated rings. The zero-order valence-electron chi connectivity index (χ0n) is 27.0. The van der Waals surface area contributed by atoms with E-state index in [2.05, 4.69) is 62.5 Å². The fraction of sp³-hybridized carbons (Fsp3) is 0.722. The first-order valence-electron chi connectivity index (χ1n) is 16.6. The van der Waals surface area contributed by atoms with Crippen molar-refractivity contribution in [2.45, 2.75) is 168 Å². The standard InChI is InChI=1S/2C18H32O2.Cd/c2*1-2-3-4-5-6-7-8-9-10-11-12-13-14-15-16-17-18(19)20;/h2*6-7,9-10H,2-5,8,11-17H2,1H3,(H,19,20);/b2*7-6-,10-9-;. The van der Waals surface area contributed by atoms with E-state index in [1.807, 2.05) is 0 Å². The minimum Gasteiger partial charge on any atom is -0.481 e. The number of unbranched alkanes of at least 4 members (excludes halogenated alkanes) is 16. The Morgan fingerprint density at radius 2 is 0.683 bits per heavy atom. The first-order chi connectivity index (χ1) is 19.5. The molecule has 0 radical (unpaired) electrons. The topological polar surface area (TPSA) is 74.6 Å². The summed E-state index contributed by atoms with van der Waals surface area (Å²) >= 11 is 0. The summed E-state index contributed by atoms with van der Waals surface area (Å²) in [7, 11) is 0. The molecule has 0 aromatic carbocycles. The third kappa shape index (κ3) is 48.9. The Labute approximate surface area is 274 Å². The normalized spacial score (nSPS) is 11.4. The van der Waals surface area contributed by atoms with Crippen molar-refractivity contribution in [3.05, 3.63) is 48.6 Å². The van der Waals surface area contributed by atoms with Crippen molar-refractivity contribution >= 4 is 11.9 Å². The van der Waals surface area contributed by atoms with Crippen LogP contribution in [0.4, 0.5) is 0 Å². The summed E-state index contributed by atoms with van der Waals surface area (Å²) in [5, 5.41) is 17.0. The SMILES string of the molecule is CCCCC/C=C\C/C=C\CCCCCCCC(=O)O.CCCCC/C=C\C/C=C\CCCCCCCC(=O)O.[Cd]. The Morgan fingerprint density at radius 3 is 0.976 bits per heavy atom. The molecular weight excluding hydrogens is 609 g/mol. The van der Waals surface area contributed by atoms with Crippen LogP contribution in [0.5, 0.6) is 0 Å². The molecule has 2 N–H and O–H groups in total. The quantitative estimate of drug-likeness (QED) is 0.0493. The summed E-state index contributed by atoms with van der Waals surface area (Å²) in [4.78, 5) is 20.6. The van der Waals surface area contributed by atoms with E-state index in [0.717, 1.165) is 51.4 Å². The first-order valence-corrected chi connectivity index (χ1v) is 16.6. The van der Waals surface area contributed by atoms with Crippen LogP contribution in [0.15, 0.2) is 48.6 Å². The predicted octanol–water partition coefficient (Wildman–Crippen LogP) is 11.8. The Hall–Kier alpha value is -1.18. The van der Waals surface area contributed by atoms with Gasteiger partial charge in [-0.05, 0) is 77.0 Å². The van der Waals surface area contributed by atoms with Gasteiger partial charge in [0.25, 0.3) is 0 Å². The Bertz CT molecular complexity index is 596. The number of carboxylic acids is 2. The van der Waals surface area contributed by atoms with Crippen molar-refractivity contribution in [1.29, 1.82) is 0 Å². The van der Waals surface area contributed by atoms with Crippen molar-refractivity contribution in [2.75, 3.05) is 0 Å². The zero-order valence-corrected chi connectivity index (χ0v) is 31.0. The summed E-state index contributed by atoms with van der Waals surface area (Å²) in [6.45, 7) is 4.47. The molecule has 0 bridgehead atoms. The summed E-state index contributed by atoms with van der Waals surface area (Å²) in [5.41, 5.74) is 0. The van der Waals surface area contributed by atoms with Crippen molar-refractivity contribution in [3.8, 4) is 0 Å². The van der Waals surface area contributed by atoms with Gasteiger partial charge in [-0.15, -0.1) is 0 Å². The van der Waals surface area contributed by atoms with Crippen LogP contribution in [0.2, 0.25) is 0 Å². The molecule has 0 atom stereocenters. The summed E-state index contributed by atoms with van der Waals surface area (Å²) in [6.07, 6.45) is 44.6. The second-order valence-corrected chi connectivity index (χ2v) is 10.7. The second kappa shape index (κ2) is 41.0. The molecule has 0 aliphatic carbocycles. The summed E-state index contributed by atoms with van der Waals surface area (Å²) < 4.78 is 0. The van der Waals surface area contributed by atoms with E-state index in [1.165, 1.54) is 89.9 Å². The van der Waals surface area contributed by atoms with Crippen molar-refractivity contribution in [3.63, 3.8) is 0 Å². The monoisotopic (exact) mass is 674 g/mol. The molecule has 234 valence electrons. The predicted molar refractivity (Wildman–Crippen MR) is 174 cm³/mol. The third-order valence-corrected chi connectivity index (χ3v) is 6.68. The van der Waals surface area contributed by atoms with Gasteiger partial charge in [-0.3, -0.25) is 9.59 Å². The number of aliphatic carboxylic acids is 2. The molecule has 0 saturated heterocycles. The summed E-state index contributed by atoms with van der Waals surface area (Å²) in [6, 6.07) is 0. The molecule has 0 spiro atoms. The number of rotatable bonds is 28. The van der Waals surface area contributed by atoms with Gasteiger partial charge in [0, 0.05) is 40.1 Å². The van der Waals surface area contributed by atoms with Gasteiger partial charge in [0.1, 0.15) is 0 Å². The van der Waals surface area contributed by atoms with Gasteiger partial charge in [0.05, 0.1) is 0 Å². The van der Waals surface area contributed by atoms with E-state index >= 15 is 0 Å². The third-order valence-electron chi connectivity index (χ3n) is 6.68. The van der Waals surface area contributed by atoms with Crippen LogP contribution in [0, 0.1) is 0 Å². The Morgan fingerprint density at radius 1 is 0.415 bits per heavy atom. The largest absolute Gasteiger partial charge is 0.481 e. The number of allylic oxidation sites excluding steroid dienone is 8. The molecule has 41 heavy (non-hydrogen) atoms. The fourth-order valence-electron chi connectivity index (χ4n) is 4.18. The van der Waals surface area contributed by atoms with E-state index in [1.54, 1.807) is 0 Å². The Balaban J connectivity index is -0.000000688. The van der Waals surface area contributed by atoms with Crippen molar-refractivity contribution in [1.82, 2.24) is 0 Å². The van der Waals surface area contributed by atoms with Crippen LogP contribution in [-0.4, -0.2) is 22.2 Å². The summed E-state index contributed by atoms with van der Waals surface area (Å²) in [5.74, 6) is -1.34. The molecule has 0 amide bonds. The maximum absolute atomic E-state index is 10.3. The number of carbonyl (C=O) groups is 2. The smallest absolute Gasteiger partial charge is 0.303 e. The van der Waals surface area contributed by atoms with E-state index < -0.39 is 11.9 Å². The van der Waals surface area contributed by atoms with Gasteiger partial charge in [0.15, 0.2) is 0 Å². The van der Waals surface area contributed by atoms with Crippen LogP contribution in [-0.2, 0) is 36.9 Å². The molecule has 0 aromatic rings. The molecule has 0 rings (SSSR count). The molecule has 0 aromatic heterocycles. The van der Waals surface area contributed by atoms with Gasteiger partial charge in [-0.2, -0.15) is 0 Å². The fourth-order valence-corrected chi connectivity index (χ4v) is 4.18. The average Bonchev–Trinajstić information content (AvgIpc) is 2.93. The maximum atomic E-state index is 10.3. The van der Waals surface area contributed by atoms with Gasteiger partial charge >= 0.3 is 11.9 Å². The number of hydrogen-bond acceptors (Lipinski definition) is 2. The van der Waals surface area contributed by atoms with Crippen molar-refractivity contribution in [2.24, 2.45) is 0 Å². The second-order valence-electron chi connectivity index (χ2n) is 10.7. The minimum atomic E-state index is -0.671. The number of hydrogen-bond donors (Lipinski definition) is 2. The zero-order chi connectivity index (χ0) is 29.8. The average molecular weight is 673 g/mol. The first kappa shape index (κ1) is 44.3. The van der Waals surface area contributed by atoms with Gasteiger partial charge < -0.3 is 10.2 Å². The number of carboxylic acid groups (broad SMARTS) is 2. The minimum absolute atomic E-state index is 0. The van der Waals surface area contributed by atoms with E-state index in [-0.39, 0.29) is 27.3 Å². The van der Waals surface area contributed by atoms with Crippen LogP contribution >= 0.6 is 0 Å². The molecule has 0 aliphatic rings. The molecule has 5 heteroatoms. The van der Waals surface area contributed by atoms with Gasteiger partial charge in [-0.25, -0.2) is 0 Å². The Kier molecular flexibility index (Phi) is 44.2. The van der Waals surface area contributed by atoms with Gasteiger partial charge in [-0.1, -0.05) is 127 Å². The molecule has 0 saturated carbocycles. The maximum Gasteiger partial charge on any atom is 0.303 e. The van der Waals surface area contributed by atoms with E-state index in [9.17, 15) is 9.59 Å². The van der Waals surface area contributed by atoms with E-state index in [0.29, 0.717) is 12.8 Å².